The Hall–Kier alpha value is -3.94. The van der Waals surface area contributed by atoms with E-state index in [1.54, 1.807) is 24.3 Å². The Kier molecular flexibility index (Phi) is 8.10. The number of carbonyl (C=O) groups excluding carboxylic acids is 2. The molecule has 0 aliphatic carbocycles. The first kappa shape index (κ1) is 26.7. The van der Waals surface area contributed by atoms with Crippen molar-refractivity contribution in [1.82, 2.24) is 4.98 Å². The van der Waals surface area contributed by atoms with Crippen LogP contribution < -0.4 is 9.64 Å². The molecule has 0 saturated carbocycles. The van der Waals surface area contributed by atoms with E-state index in [-0.39, 0.29) is 5.57 Å². The van der Waals surface area contributed by atoms with E-state index in [0.29, 0.717) is 33.6 Å². The molecule has 0 spiro atoms. The molecule has 1 N–H and O–H groups in total. The summed E-state index contributed by atoms with van der Waals surface area (Å²) in [4.78, 5) is 32.9. The van der Waals surface area contributed by atoms with Crippen LogP contribution in [0.2, 0.25) is 5.02 Å². The minimum Gasteiger partial charge on any atom is -0.503 e. The van der Waals surface area contributed by atoms with Crippen LogP contribution in [0.25, 0.3) is 16.3 Å². The van der Waals surface area contributed by atoms with Gasteiger partial charge in [-0.05, 0) is 54.0 Å². The number of aliphatic hydroxyl groups is 1. The summed E-state index contributed by atoms with van der Waals surface area (Å²) in [5, 5.41) is 11.9. The topological polar surface area (TPSA) is 79.7 Å². The quantitative estimate of drug-likeness (QED) is 0.159. The number of ether oxygens (including phenoxy) is 1. The number of allylic oxidation sites excluding steroid dienone is 1. The maximum Gasteiger partial charge on any atom is 0.296 e. The van der Waals surface area contributed by atoms with Gasteiger partial charge in [0, 0.05) is 5.02 Å². The minimum atomic E-state index is -0.865. The summed E-state index contributed by atoms with van der Waals surface area (Å²) in [5.41, 5.74) is 2.16. The number of thiazole rings is 1. The molecule has 39 heavy (non-hydrogen) atoms. The molecule has 0 radical (unpaired) electrons. The predicted molar refractivity (Wildman–Crippen MR) is 156 cm³/mol. The van der Waals surface area contributed by atoms with Gasteiger partial charge in [0.1, 0.15) is 5.75 Å². The van der Waals surface area contributed by atoms with Crippen molar-refractivity contribution in [3.05, 3.63) is 106 Å². The molecule has 1 unspecified atom stereocenters. The summed E-state index contributed by atoms with van der Waals surface area (Å²) >= 11 is 7.44. The Morgan fingerprint density at radius 3 is 2.62 bits per heavy atom. The van der Waals surface area contributed by atoms with Gasteiger partial charge in [-0.3, -0.25) is 14.5 Å². The molecule has 0 saturated heterocycles. The highest BCUT2D eigenvalue weighted by Gasteiger charge is 2.45. The monoisotopic (exact) mass is 558 g/mol. The second kappa shape index (κ2) is 11.8. The Morgan fingerprint density at radius 2 is 1.87 bits per heavy atom. The second-order valence-corrected chi connectivity index (χ2v) is 10.6. The van der Waals surface area contributed by atoms with Crippen LogP contribution in [0.3, 0.4) is 0 Å². The summed E-state index contributed by atoms with van der Waals surface area (Å²) in [5.74, 6) is -1.02. The summed E-state index contributed by atoms with van der Waals surface area (Å²) in [6.45, 7) is 2.75. The maximum absolute atomic E-state index is 13.5. The van der Waals surface area contributed by atoms with Crippen LogP contribution in [0.5, 0.6) is 5.75 Å². The number of rotatable bonds is 10. The van der Waals surface area contributed by atoms with Crippen molar-refractivity contribution in [1.29, 1.82) is 0 Å². The summed E-state index contributed by atoms with van der Waals surface area (Å²) in [6, 6.07) is 21.1. The van der Waals surface area contributed by atoms with Crippen molar-refractivity contribution in [3.8, 4) is 5.75 Å². The molecule has 198 valence electrons. The standard InChI is InChI=1S/C31H27ClN2O4S/c1-2-3-7-18-38-23-14-11-21(12-15-23)28-27(25(35)17-10-20-8-5-4-6-9-20)29(36)30(37)34(28)31-33-24-16-13-22(32)19-26(24)39-31/h4-6,8-17,19,28,36H,2-3,7,18H2,1H3/b17-10+. The highest BCUT2D eigenvalue weighted by atomic mass is 35.5. The van der Waals surface area contributed by atoms with Gasteiger partial charge in [0.2, 0.25) is 0 Å². The first-order valence-electron chi connectivity index (χ1n) is 12.8. The van der Waals surface area contributed by atoms with Crippen molar-refractivity contribution < 1.29 is 19.4 Å². The lowest BCUT2D eigenvalue weighted by Gasteiger charge is -2.24. The van der Waals surface area contributed by atoms with Crippen molar-refractivity contribution in [2.75, 3.05) is 11.5 Å². The largest absolute Gasteiger partial charge is 0.503 e. The van der Waals surface area contributed by atoms with Crippen LogP contribution >= 0.6 is 22.9 Å². The molecule has 1 amide bonds. The Balaban J connectivity index is 1.52. The Bertz CT molecular complexity index is 1560. The van der Waals surface area contributed by atoms with Crippen molar-refractivity contribution >= 4 is 56.1 Å². The maximum atomic E-state index is 13.5. The van der Waals surface area contributed by atoms with Crippen LogP contribution in [0.15, 0.2) is 90.2 Å². The molecular weight excluding hydrogens is 532 g/mol. The van der Waals surface area contributed by atoms with Crippen molar-refractivity contribution in [2.45, 2.75) is 32.2 Å². The highest BCUT2D eigenvalue weighted by molar-refractivity contribution is 7.22. The zero-order chi connectivity index (χ0) is 27.4. The molecule has 3 aromatic carbocycles. The highest BCUT2D eigenvalue weighted by Crippen LogP contribution is 2.44. The van der Waals surface area contributed by atoms with E-state index in [9.17, 15) is 14.7 Å². The van der Waals surface area contributed by atoms with Crippen LogP contribution in [-0.4, -0.2) is 28.4 Å². The average Bonchev–Trinajstić information content (AvgIpc) is 3.48. The van der Waals surface area contributed by atoms with Gasteiger partial charge >= 0.3 is 0 Å². The van der Waals surface area contributed by atoms with Crippen molar-refractivity contribution in [2.24, 2.45) is 0 Å². The lowest BCUT2D eigenvalue weighted by atomic mass is 9.95. The second-order valence-electron chi connectivity index (χ2n) is 9.18. The molecule has 1 aliphatic heterocycles. The van der Waals surface area contributed by atoms with E-state index in [2.05, 4.69) is 11.9 Å². The number of hydrogen-bond acceptors (Lipinski definition) is 6. The van der Waals surface area contributed by atoms with Gasteiger partial charge in [0.05, 0.1) is 28.4 Å². The first-order chi connectivity index (χ1) is 19.0. The number of halogens is 1. The normalized spacial score (nSPS) is 15.6. The molecule has 8 heteroatoms. The van der Waals surface area contributed by atoms with Gasteiger partial charge in [-0.1, -0.05) is 91.2 Å². The van der Waals surface area contributed by atoms with Crippen LogP contribution in [0.4, 0.5) is 5.13 Å². The summed E-state index contributed by atoms with van der Waals surface area (Å²) in [7, 11) is 0. The van der Waals surface area contributed by atoms with Gasteiger partial charge in [-0.25, -0.2) is 4.98 Å². The zero-order valence-corrected chi connectivity index (χ0v) is 22.9. The smallest absolute Gasteiger partial charge is 0.296 e. The minimum absolute atomic E-state index is 0.00100. The van der Waals surface area contributed by atoms with E-state index < -0.39 is 23.5 Å². The van der Waals surface area contributed by atoms with E-state index in [0.717, 1.165) is 29.5 Å². The molecule has 5 rings (SSSR count). The molecule has 4 aromatic rings. The molecule has 6 nitrogen and oxygen atoms in total. The molecule has 2 heterocycles. The fourth-order valence-corrected chi connectivity index (χ4v) is 5.74. The lowest BCUT2D eigenvalue weighted by Crippen LogP contribution is -2.30. The van der Waals surface area contributed by atoms with Crippen LogP contribution in [0.1, 0.15) is 43.4 Å². The fourth-order valence-electron chi connectivity index (χ4n) is 4.47. The molecular formula is C31H27ClN2O4S. The Labute approximate surface area is 235 Å². The third kappa shape index (κ3) is 5.75. The van der Waals surface area contributed by atoms with Gasteiger partial charge in [0.25, 0.3) is 5.91 Å². The number of hydrogen-bond donors (Lipinski definition) is 1. The molecule has 1 atom stereocenters. The Morgan fingerprint density at radius 1 is 1.10 bits per heavy atom. The summed E-state index contributed by atoms with van der Waals surface area (Å²) in [6.07, 6.45) is 6.22. The SMILES string of the molecule is CCCCCOc1ccc(C2C(C(=O)/C=C/c3ccccc3)=C(O)C(=O)N2c2nc3ccc(Cl)cc3s2)cc1. The third-order valence-electron chi connectivity index (χ3n) is 6.46. The van der Waals surface area contributed by atoms with Crippen LogP contribution in [-0.2, 0) is 9.59 Å². The van der Waals surface area contributed by atoms with Gasteiger partial charge < -0.3 is 9.84 Å². The number of ketones is 1. The third-order valence-corrected chi connectivity index (χ3v) is 7.71. The number of anilines is 1. The van der Waals surface area contributed by atoms with E-state index in [4.69, 9.17) is 16.3 Å². The number of benzene rings is 3. The van der Waals surface area contributed by atoms with E-state index in [1.165, 1.54) is 22.3 Å². The number of fused-ring (bicyclic) bond motifs is 1. The summed E-state index contributed by atoms with van der Waals surface area (Å²) < 4.78 is 6.64. The molecule has 1 aromatic heterocycles. The van der Waals surface area contributed by atoms with Gasteiger partial charge in [-0.15, -0.1) is 0 Å². The number of amides is 1. The number of carbonyl (C=O) groups is 2. The van der Waals surface area contributed by atoms with Crippen LogP contribution in [0, 0.1) is 0 Å². The van der Waals surface area contributed by atoms with E-state index in [1.807, 2.05) is 54.6 Å². The average molecular weight is 559 g/mol. The number of aromatic nitrogens is 1. The van der Waals surface area contributed by atoms with E-state index >= 15 is 0 Å². The fraction of sp³-hybridized carbons (Fsp3) is 0.194. The van der Waals surface area contributed by atoms with Crippen molar-refractivity contribution in [3.63, 3.8) is 0 Å². The van der Waals surface area contributed by atoms with Gasteiger partial charge in [-0.2, -0.15) is 0 Å². The number of nitrogens with zero attached hydrogens (tertiary/aromatic N) is 2. The lowest BCUT2D eigenvalue weighted by molar-refractivity contribution is -0.117. The number of aliphatic hydroxyl groups excluding tert-OH is 1. The van der Waals surface area contributed by atoms with Gasteiger partial charge in [0.15, 0.2) is 16.7 Å². The first-order valence-corrected chi connectivity index (χ1v) is 14.0. The molecule has 1 aliphatic rings. The molecule has 0 bridgehead atoms. The predicted octanol–water partition coefficient (Wildman–Crippen LogP) is 7.70. The molecule has 0 fully saturated rings. The zero-order valence-electron chi connectivity index (χ0n) is 21.3. The number of unbranched alkanes of at least 4 members (excludes halogenated alkanes) is 2.